The summed E-state index contributed by atoms with van der Waals surface area (Å²) in [5, 5.41) is 32.7. The molecule has 0 aliphatic heterocycles. The second kappa shape index (κ2) is 7.15. The number of rotatable bonds is 5. The van der Waals surface area contributed by atoms with Crippen LogP contribution in [-0.4, -0.2) is 37.1 Å². The Kier molecular flexibility index (Phi) is 4.76. The molecule has 0 aliphatic carbocycles. The molecule has 1 heterocycles. The van der Waals surface area contributed by atoms with Gasteiger partial charge in [0.15, 0.2) is 0 Å². The van der Waals surface area contributed by atoms with Crippen molar-refractivity contribution in [3.05, 3.63) is 57.1 Å². The van der Waals surface area contributed by atoms with Crippen LogP contribution in [0.1, 0.15) is 5.56 Å². The molecule has 132 valence electrons. The Morgan fingerprint density at radius 2 is 2.00 bits per heavy atom. The van der Waals surface area contributed by atoms with Crippen LogP contribution >= 0.6 is 11.6 Å². The van der Waals surface area contributed by atoms with Gasteiger partial charge in [0.1, 0.15) is 17.6 Å². The molecule has 0 saturated heterocycles. The Morgan fingerprint density at radius 3 is 2.62 bits per heavy atom. The summed E-state index contributed by atoms with van der Waals surface area (Å²) in [6, 6.07) is 9.44. The van der Waals surface area contributed by atoms with E-state index < -0.39 is 22.3 Å². The van der Waals surface area contributed by atoms with Gasteiger partial charge in [-0.25, -0.2) is 5.43 Å². The van der Waals surface area contributed by atoms with E-state index in [-0.39, 0.29) is 17.1 Å². The van der Waals surface area contributed by atoms with E-state index in [0.717, 1.165) is 12.3 Å². The van der Waals surface area contributed by atoms with E-state index in [0.29, 0.717) is 11.0 Å². The molecule has 0 radical (unpaired) electrons. The second-order valence-electron chi connectivity index (χ2n) is 5.13. The standard InChI is InChI=1S/C15H11ClN6O4/c16-10-5-9(15(24)13(6-10)22(25)26)7-17-18-14(23)8-21-19-11-3-1-2-4-12(11)20-21/h1-7,24H,8H2,(H,18,23). The molecule has 3 rings (SSSR count). The molecule has 1 aromatic heterocycles. The molecule has 0 fully saturated rings. The number of halogens is 1. The zero-order chi connectivity index (χ0) is 18.7. The first-order chi connectivity index (χ1) is 12.4. The van der Waals surface area contributed by atoms with Gasteiger partial charge in [0, 0.05) is 16.7 Å². The number of phenolic OH excluding ortho intramolecular Hbond substituents is 1. The van der Waals surface area contributed by atoms with E-state index >= 15 is 0 Å². The van der Waals surface area contributed by atoms with Gasteiger partial charge in [-0.1, -0.05) is 23.7 Å². The van der Waals surface area contributed by atoms with Crippen molar-refractivity contribution in [3.8, 4) is 5.75 Å². The molecule has 11 heteroatoms. The van der Waals surface area contributed by atoms with E-state index in [4.69, 9.17) is 11.6 Å². The molecule has 2 N–H and O–H groups in total. The zero-order valence-corrected chi connectivity index (χ0v) is 13.8. The van der Waals surface area contributed by atoms with Crippen molar-refractivity contribution in [2.24, 2.45) is 5.10 Å². The molecule has 0 spiro atoms. The Bertz CT molecular complexity index is 999. The highest BCUT2D eigenvalue weighted by Crippen LogP contribution is 2.32. The lowest BCUT2D eigenvalue weighted by Crippen LogP contribution is -2.24. The Balaban J connectivity index is 1.68. The second-order valence-corrected chi connectivity index (χ2v) is 5.57. The number of amides is 1. The third-order valence-corrected chi connectivity index (χ3v) is 3.50. The van der Waals surface area contributed by atoms with Gasteiger partial charge < -0.3 is 5.11 Å². The van der Waals surface area contributed by atoms with Crippen LogP contribution in [0.15, 0.2) is 41.5 Å². The average Bonchev–Trinajstić information content (AvgIpc) is 2.99. The molecular formula is C15H11ClN6O4. The van der Waals surface area contributed by atoms with Gasteiger partial charge in [0.2, 0.25) is 5.75 Å². The zero-order valence-electron chi connectivity index (χ0n) is 13.0. The third kappa shape index (κ3) is 3.75. The van der Waals surface area contributed by atoms with Crippen LogP contribution in [0.5, 0.6) is 5.75 Å². The molecular weight excluding hydrogens is 364 g/mol. The smallest absolute Gasteiger partial charge is 0.312 e. The fraction of sp³-hybridized carbons (Fsp3) is 0.0667. The lowest BCUT2D eigenvalue weighted by atomic mass is 10.2. The number of hydrazone groups is 1. The number of nitro groups is 1. The van der Waals surface area contributed by atoms with Crippen molar-refractivity contribution in [2.45, 2.75) is 6.54 Å². The Morgan fingerprint density at radius 1 is 1.35 bits per heavy atom. The van der Waals surface area contributed by atoms with E-state index in [1.165, 1.54) is 10.9 Å². The Labute approximate surface area is 150 Å². The number of nitro benzene ring substituents is 1. The van der Waals surface area contributed by atoms with Crippen LogP contribution < -0.4 is 5.43 Å². The molecule has 0 saturated carbocycles. The highest BCUT2D eigenvalue weighted by Gasteiger charge is 2.17. The number of nitrogens with one attached hydrogen (secondary N) is 1. The number of carbonyl (C=O) groups is 1. The van der Waals surface area contributed by atoms with Gasteiger partial charge in [-0.2, -0.15) is 20.1 Å². The van der Waals surface area contributed by atoms with Gasteiger partial charge in [-0.15, -0.1) is 0 Å². The summed E-state index contributed by atoms with van der Waals surface area (Å²) >= 11 is 5.77. The fourth-order valence-electron chi connectivity index (χ4n) is 2.16. The quantitative estimate of drug-likeness (QED) is 0.397. The number of benzene rings is 2. The maximum absolute atomic E-state index is 11.9. The number of aromatic nitrogens is 3. The van der Waals surface area contributed by atoms with Crippen LogP contribution in [0, 0.1) is 10.1 Å². The van der Waals surface area contributed by atoms with Gasteiger partial charge in [-0.3, -0.25) is 14.9 Å². The van der Waals surface area contributed by atoms with Crippen molar-refractivity contribution in [3.63, 3.8) is 0 Å². The number of fused-ring (bicyclic) bond motifs is 1. The summed E-state index contributed by atoms with van der Waals surface area (Å²) in [4.78, 5) is 23.2. The van der Waals surface area contributed by atoms with E-state index in [1.54, 1.807) is 12.1 Å². The Hall–Kier alpha value is -3.53. The topological polar surface area (TPSA) is 136 Å². The molecule has 3 aromatic rings. The number of phenols is 1. The van der Waals surface area contributed by atoms with Crippen molar-refractivity contribution in [1.29, 1.82) is 0 Å². The summed E-state index contributed by atoms with van der Waals surface area (Å²) in [5.74, 6) is -1.12. The van der Waals surface area contributed by atoms with Crippen LogP contribution in [0.4, 0.5) is 5.69 Å². The number of hydrogen-bond acceptors (Lipinski definition) is 7. The molecule has 2 aromatic carbocycles. The lowest BCUT2D eigenvalue weighted by molar-refractivity contribution is -0.385. The molecule has 0 atom stereocenters. The molecule has 0 aliphatic rings. The van der Waals surface area contributed by atoms with E-state index in [9.17, 15) is 20.0 Å². The van der Waals surface area contributed by atoms with Crippen molar-refractivity contribution < 1.29 is 14.8 Å². The maximum atomic E-state index is 11.9. The first-order valence-electron chi connectivity index (χ1n) is 7.22. The number of carbonyl (C=O) groups excluding carboxylic acids is 1. The minimum atomic E-state index is -0.773. The molecule has 0 bridgehead atoms. The molecule has 1 amide bonds. The first kappa shape index (κ1) is 17.3. The summed E-state index contributed by atoms with van der Waals surface area (Å²) in [6.45, 7) is -0.173. The monoisotopic (exact) mass is 374 g/mol. The SMILES string of the molecule is O=C(Cn1nc2ccccc2n1)NN=Cc1cc(Cl)cc([N+](=O)[O-])c1O. The predicted molar refractivity (Wildman–Crippen MR) is 93.0 cm³/mol. The van der Waals surface area contributed by atoms with Crippen LogP contribution in [0.3, 0.4) is 0 Å². The van der Waals surface area contributed by atoms with Crippen LogP contribution in [-0.2, 0) is 11.3 Å². The number of aromatic hydroxyl groups is 1. The molecule has 0 unspecified atom stereocenters. The van der Waals surface area contributed by atoms with Crippen molar-refractivity contribution in [2.75, 3.05) is 0 Å². The largest absolute Gasteiger partial charge is 0.502 e. The summed E-state index contributed by atoms with van der Waals surface area (Å²) in [5.41, 5.74) is 2.97. The normalized spacial score (nSPS) is 11.1. The van der Waals surface area contributed by atoms with E-state index in [2.05, 4.69) is 20.7 Å². The van der Waals surface area contributed by atoms with Gasteiger partial charge in [-0.05, 0) is 18.2 Å². The van der Waals surface area contributed by atoms with Crippen molar-refractivity contribution >= 4 is 40.4 Å². The van der Waals surface area contributed by atoms with Gasteiger partial charge in [0.05, 0.1) is 11.1 Å². The summed E-state index contributed by atoms with van der Waals surface area (Å²) in [7, 11) is 0. The summed E-state index contributed by atoms with van der Waals surface area (Å²) in [6.07, 6.45) is 1.05. The van der Waals surface area contributed by atoms with Crippen molar-refractivity contribution in [1.82, 2.24) is 20.4 Å². The van der Waals surface area contributed by atoms with E-state index in [1.807, 2.05) is 12.1 Å². The van der Waals surface area contributed by atoms with Crippen LogP contribution in [0.25, 0.3) is 11.0 Å². The maximum Gasteiger partial charge on any atom is 0.312 e. The average molecular weight is 375 g/mol. The highest BCUT2D eigenvalue weighted by atomic mass is 35.5. The minimum absolute atomic E-state index is 0.00699. The minimum Gasteiger partial charge on any atom is -0.502 e. The van der Waals surface area contributed by atoms with Gasteiger partial charge in [0.25, 0.3) is 5.91 Å². The highest BCUT2D eigenvalue weighted by molar-refractivity contribution is 6.31. The molecule has 10 nitrogen and oxygen atoms in total. The number of nitrogens with zero attached hydrogens (tertiary/aromatic N) is 5. The van der Waals surface area contributed by atoms with Gasteiger partial charge >= 0.3 is 5.69 Å². The number of hydrogen-bond donors (Lipinski definition) is 2. The summed E-state index contributed by atoms with van der Waals surface area (Å²) < 4.78 is 0. The predicted octanol–water partition coefficient (Wildman–Crippen LogP) is 1.85. The van der Waals surface area contributed by atoms with Crippen LogP contribution in [0.2, 0.25) is 5.02 Å². The molecule has 26 heavy (non-hydrogen) atoms. The lowest BCUT2D eigenvalue weighted by Gasteiger charge is -2.02. The first-order valence-corrected chi connectivity index (χ1v) is 7.60. The third-order valence-electron chi connectivity index (χ3n) is 3.29. The fourth-order valence-corrected chi connectivity index (χ4v) is 2.38.